The van der Waals surface area contributed by atoms with Gasteiger partial charge < -0.3 is 15.4 Å². The number of hydrogen-bond donors (Lipinski definition) is 2. The summed E-state index contributed by atoms with van der Waals surface area (Å²) in [6.45, 7) is 6.17. The minimum Gasteiger partial charge on any atom is -0.444 e. The summed E-state index contributed by atoms with van der Waals surface area (Å²) in [4.78, 5) is 25.0. The fraction of sp³-hybridized carbons (Fsp3) is 0.524. The molecule has 0 aliphatic carbocycles. The lowest BCUT2D eigenvalue weighted by Gasteiger charge is -2.23. The molecule has 1 atom stereocenters. The fourth-order valence-electron chi connectivity index (χ4n) is 2.56. The van der Waals surface area contributed by atoms with Gasteiger partial charge in [0.05, 0.1) is 6.20 Å². The summed E-state index contributed by atoms with van der Waals surface area (Å²) >= 11 is 0. The summed E-state index contributed by atoms with van der Waals surface area (Å²) in [6.07, 6.45) is 8.08. The number of ether oxygens (including phenoxy) is 1. The van der Waals surface area contributed by atoms with E-state index in [1.807, 2.05) is 36.5 Å². The first-order chi connectivity index (χ1) is 13.9. The van der Waals surface area contributed by atoms with Crippen LogP contribution in [0.3, 0.4) is 0 Å². The van der Waals surface area contributed by atoms with Crippen molar-refractivity contribution in [3.63, 3.8) is 0 Å². The highest BCUT2D eigenvalue weighted by Gasteiger charge is 2.24. The Morgan fingerprint density at radius 2 is 1.83 bits per heavy atom. The van der Waals surface area contributed by atoms with E-state index in [-0.39, 0.29) is 5.91 Å². The summed E-state index contributed by atoms with van der Waals surface area (Å²) < 4.78 is 7.03. The van der Waals surface area contributed by atoms with Gasteiger partial charge in [-0.1, -0.05) is 35.5 Å². The lowest BCUT2D eigenvalue weighted by atomic mass is 10.1. The van der Waals surface area contributed by atoms with Gasteiger partial charge in [-0.05, 0) is 51.5 Å². The van der Waals surface area contributed by atoms with Gasteiger partial charge in [0.2, 0.25) is 5.91 Å². The van der Waals surface area contributed by atoms with Crippen LogP contribution in [-0.4, -0.2) is 57.4 Å². The second-order valence-corrected chi connectivity index (χ2v) is 12.9. The number of aromatic nitrogens is 3. The van der Waals surface area contributed by atoms with Crippen LogP contribution in [0.4, 0.5) is 4.79 Å². The molecule has 2 aromatic rings. The molecule has 0 aliphatic heterocycles. The molecule has 0 radical (unpaired) electrons. The molecular weight excluding hydrogens is 402 g/mol. The van der Waals surface area contributed by atoms with Crippen molar-refractivity contribution in [2.75, 3.05) is 18.8 Å². The fourth-order valence-corrected chi connectivity index (χ4v) is 3.28. The summed E-state index contributed by atoms with van der Waals surface area (Å²) in [7, 11) is -0.979. The average Bonchev–Trinajstić information content (AvgIpc) is 3.12. The van der Waals surface area contributed by atoms with E-state index in [0.717, 1.165) is 10.6 Å². The largest absolute Gasteiger partial charge is 0.444 e. The summed E-state index contributed by atoms with van der Waals surface area (Å²) in [5.74, 6) is -0.272. The molecule has 0 saturated heterocycles. The Hall–Kier alpha value is -2.55. The zero-order valence-corrected chi connectivity index (χ0v) is 19.5. The zero-order chi connectivity index (χ0) is 22.4. The predicted octanol–water partition coefficient (Wildman–Crippen LogP) is 2.93. The Morgan fingerprint density at radius 3 is 2.40 bits per heavy atom. The topological polar surface area (TPSA) is 98.1 Å². The normalized spacial score (nSPS) is 13.4. The molecule has 1 aromatic carbocycles. The molecular formula is C21H33N5O3S. The Kier molecular flexibility index (Phi) is 7.89. The molecule has 0 aliphatic rings. The van der Waals surface area contributed by atoms with E-state index in [1.165, 1.54) is 0 Å². The van der Waals surface area contributed by atoms with Crippen LogP contribution < -0.4 is 10.6 Å². The lowest BCUT2D eigenvalue weighted by Crippen LogP contribution is -2.48. The van der Waals surface area contributed by atoms with Crippen LogP contribution in [0.2, 0.25) is 0 Å². The average molecular weight is 436 g/mol. The molecule has 1 aromatic heterocycles. The van der Waals surface area contributed by atoms with E-state index in [1.54, 1.807) is 25.5 Å². The molecule has 2 N–H and O–H groups in total. The van der Waals surface area contributed by atoms with E-state index >= 15 is 0 Å². The Morgan fingerprint density at radius 1 is 1.17 bits per heavy atom. The van der Waals surface area contributed by atoms with Gasteiger partial charge in [-0.25, -0.2) is 14.8 Å². The number of rotatable bonds is 8. The van der Waals surface area contributed by atoms with Crippen molar-refractivity contribution < 1.29 is 14.3 Å². The number of carbonyl (C=O) groups is 2. The van der Waals surface area contributed by atoms with Gasteiger partial charge in [0.25, 0.3) is 0 Å². The van der Waals surface area contributed by atoms with Gasteiger partial charge in [-0.2, -0.15) is 0 Å². The number of amides is 2. The lowest BCUT2D eigenvalue weighted by molar-refractivity contribution is -0.123. The summed E-state index contributed by atoms with van der Waals surface area (Å²) in [5, 5.41) is 14.9. The number of carbonyl (C=O) groups excluding carboxylic acids is 2. The van der Waals surface area contributed by atoms with Crippen molar-refractivity contribution in [1.82, 2.24) is 25.6 Å². The zero-order valence-electron chi connectivity index (χ0n) is 18.6. The van der Waals surface area contributed by atoms with E-state index < -0.39 is 27.8 Å². The molecule has 9 heteroatoms. The van der Waals surface area contributed by atoms with Gasteiger partial charge in [-0.3, -0.25) is 9.48 Å². The van der Waals surface area contributed by atoms with Crippen molar-refractivity contribution in [3.05, 3.63) is 42.1 Å². The van der Waals surface area contributed by atoms with Crippen LogP contribution in [0.25, 0.3) is 0 Å². The number of nitrogens with one attached hydrogen (secondary N) is 2. The Bertz CT molecular complexity index is 840. The standard InChI is InChI=1S/C21H33N5O3S/c1-21(2,3)29-20(28)23-17(19(27)22-14-16-10-8-7-9-11-16)12-13-26-15-18(24-25-26)30(4,5)6/h7-11,15,17H,12-14H2,1-6H3,(H,22,27)(H,23,28)/t17-/m1/s1. The highest BCUT2D eigenvalue weighted by atomic mass is 32.3. The third kappa shape index (κ3) is 8.06. The highest BCUT2D eigenvalue weighted by Crippen LogP contribution is 2.43. The number of benzene rings is 1. The second-order valence-electron chi connectivity index (χ2n) is 8.85. The number of aryl methyl sites for hydroxylation is 1. The first kappa shape index (κ1) is 23.7. The summed E-state index contributed by atoms with van der Waals surface area (Å²) in [6, 6.07) is 8.86. The molecule has 30 heavy (non-hydrogen) atoms. The van der Waals surface area contributed by atoms with E-state index in [0.29, 0.717) is 19.5 Å². The maximum Gasteiger partial charge on any atom is 0.408 e. The van der Waals surface area contributed by atoms with Crippen LogP contribution >= 0.6 is 10.0 Å². The van der Waals surface area contributed by atoms with Crippen molar-refractivity contribution in [3.8, 4) is 0 Å². The third-order valence-corrected chi connectivity index (χ3v) is 5.55. The molecule has 166 valence electrons. The van der Waals surface area contributed by atoms with E-state index in [4.69, 9.17) is 4.74 Å². The Labute approximate surface area is 180 Å². The van der Waals surface area contributed by atoms with Crippen LogP contribution in [-0.2, 0) is 22.6 Å². The first-order valence-electron chi connectivity index (χ1n) is 9.84. The monoisotopic (exact) mass is 435 g/mol. The molecule has 2 amide bonds. The minimum absolute atomic E-state index is 0.272. The van der Waals surface area contributed by atoms with Gasteiger partial charge in [-0.15, -0.1) is 5.10 Å². The maximum atomic E-state index is 12.8. The Balaban J connectivity index is 2.03. The van der Waals surface area contributed by atoms with Gasteiger partial charge in [0.1, 0.15) is 16.7 Å². The maximum absolute atomic E-state index is 12.8. The molecule has 8 nitrogen and oxygen atoms in total. The molecule has 2 rings (SSSR count). The van der Waals surface area contributed by atoms with Gasteiger partial charge >= 0.3 is 6.09 Å². The smallest absolute Gasteiger partial charge is 0.408 e. The quantitative estimate of drug-likeness (QED) is 0.664. The number of alkyl carbamates (subject to hydrolysis) is 1. The third-order valence-electron chi connectivity index (χ3n) is 4.11. The van der Waals surface area contributed by atoms with Crippen LogP contribution in [0.1, 0.15) is 32.8 Å². The van der Waals surface area contributed by atoms with Crippen LogP contribution in [0.5, 0.6) is 0 Å². The predicted molar refractivity (Wildman–Crippen MR) is 120 cm³/mol. The van der Waals surface area contributed by atoms with Crippen molar-refractivity contribution in [2.24, 2.45) is 0 Å². The summed E-state index contributed by atoms with van der Waals surface area (Å²) in [5.41, 5.74) is 0.335. The van der Waals surface area contributed by atoms with Gasteiger partial charge in [0, 0.05) is 13.1 Å². The first-order valence-corrected chi connectivity index (χ1v) is 12.7. The molecule has 0 unspecified atom stereocenters. The molecule has 0 bridgehead atoms. The SMILES string of the molecule is CC(C)(C)OC(=O)N[C@H](CCn1cc(S(C)(C)C)nn1)C(=O)NCc1ccccc1. The van der Waals surface area contributed by atoms with Crippen molar-refractivity contribution >= 4 is 22.0 Å². The van der Waals surface area contributed by atoms with Crippen LogP contribution in [0.15, 0.2) is 41.6 Å². The number of hydrogen-bond acceptors (Lipinski definition) is 5. The molecule has 0 fully saturated rings. The van der Waals surface area contributed by atoms with Gasteiger partial charge in [0.15, 0.2) is 0 Å². The molecule has 0 saturated carbocycles. The minimum atomic E-state index is -0.979. The van der Waals surface area contributed by atoms with Crippen molar-refractivity contribution in [1.29, 1.82) is 0 Å². The second kappa shape index (κ2) is 9.97. The molecule has 1 heterocycles. The molecule has 0 spiro atoms. The van der Waals surface area contributed by atoms with E-state index in [9.17, 15) is 9.59 Å². The van der Waals surface area contributed by atoms with Crippen molar-refractivity contribution in [2.45, 2.75) is 57.0 Å². The van der Waals surface area contributed by atoms with Crippen LogP contribution in [0, 0.1) is 0 Å². The van der Waals surface area contributed by atoms with E-state index in [2.05, 4.69) is 39.7 Å². The number of nitrogens with zero attached hydrogens (tertiary/aromatic N) is 3. The highest BCUT2D eigenvalue weighted by molar-refractivity contribution is 8.32.